The number of rotatable bonds is 18. The van der Waals surface area contributed by atoms with Crippen LogP contribution in [0.4, 0.5) is 0 Å². The fraction of sp³-hybridized carbons (Fsp3) is 0.655. The van der Waals surface area contributed by atoms with Gasteiger partial charge in [-0.2, -0.15) is 0 Å². The van der Waals surface area contributed by atoms with Gasteiger partial charge < -0.3 is 35.8 Å². The maximum atomic E-state index is 13.4. The quantitative estimate of drug-likeness (QED) is 0.0472. The van der Waals surface area contributed by atoms with Crippen LogP contribution in [0.5, 0.6) is 11.5 Å². The topological polar surface area (TPSA) is 231 Å². The highest BCUT2D eigenvalue weighted by Crippen LogP contribution is 2.44. The number of amides is 2. The molecular weight excluding hydrogens is 562 g/mol. The molecule has 1 aromatic carbocycles. The predicted molar refractivity (Wildman–Crippen MR) is 157 cm³/mol. The lowest BCUT2D eigenvalue weighted by molar-refractivity contribution is -0.158. The van der Waals surface area contributed by atoms with Crippen molar-refractivity contribution in [1.82, 2.24) is 10.6 Å². The lowest BCUT2D eigenvalue weighted by atomic mass is 9.62. The van der Waals surface area contributed by atoms with Crippen LogP contribution in [-0.4, -0.2) is 77.0 Å². The van der Waals surface area contributed by atoms with Crippen LogP contribution in [0.2, 0.25) is 0 Å². The van der Waals surface area contributed by atoms with E-state index in [4.69, 9.17) is 10.3 Å². The van der Waals surface area contributed by atoms with E-state index in [0.717, 1.165) is 0 Å². The van der Waals surface area contributed by atoms with Crippen molar-refractivity contribution >= 4 is 23.8 Å². The molecule has 2 amide bonds. The molecule has 4 atom stereocenters. The summed E-state index contributed by atoms with van der Waals surface area (Å²) in [5.74, 6) is -8.77. The van der Waals surface area contributed by atoms with Crippen LogP contribution in [0.1, 0.15) is 53.5 Å². The summed E-state index contributed by atoms with van der Waals surface area (Å²) in [6.45, 7) is 10.5. The minimum absolute atomic E-state index is 0.0972. The molecule has 0 aliphatic rings. The number of aliphatic carboxylic acids is 2. The van der Waals surface area contributed by atoms with Gasteiger partial charge in [-0.05, 0) is 46.9 Å². The number of ether oxygens (including phenoxy) is 1. The normalized spacial score (nSPS) is 14.5. The molecule has 43 heavy (non-hydrogen) atoms. The largest absolute Gasteiger partial charge is 0.504 e. The summed E-state index contributed by atoms with van der Waals surface area (Å²) in [4.78, 5) is 53.9. The monoisotopic (exact) mass is 607 g/mol. The fourth-order valence-electron chi connectivity index (χ4n) is 5.42. The Morgan fingerprint density at radius 3 is 2.09 bits per heavy atom. The number of carbonyl (C=O) groups excluding carboxylic acids is 2. The smallest absolute Gasteiger partial charge is 0.307 e. The number of benzene rings is 1. The molecule has 0 bridgehead atoms. The van der Waals surface area contributed by atoms with E-state index in [1.807, 2.05) is 0 Å². The SMILES string of the molecule is CC(C(=O)NCCOCCN=[N+]=[N-])C(C(=O)O)C(C)(C)CC(C(=O)O)C(C(=O)NCCc1ccc(O)c(O)c1)C(C)(C)C. The van der Waals surface area contributed by atoms with Gasteiger partial charge in [0.25, 0.3) is 0 Å². The molecule has 0 saturated heterocycles. The van der Waals surface area contributed by atoms with Gasteiger partial charge in [0.05, 0.1) is 31.0 Å². The number of azide groups is 1. The zero-order valence-electron chi connectivity index (χ0n) is 25.7. The number of phenols is 2. The van der Waals surface area contributed by atoms with E-state index < -0.39 is 58.3 Å². The molecule has 1 aromatic rings. The number of carboxylic acids is 2. The van der Waals surface area contributed by atoms with Crippen LogP contribution < -0.4 is 10.6 Å². The summed E-state index contributed by atoms with van der Waals surface area (Å²) in [5.41, 5.74) is 6.88. The summed E-state index contributed by atoms with van der Waals surface area (Å²) in [7, 11) is 0. The molecule has 0 aromatic heterocycles. The lowest BCUT2D eigenvalue weighted by Crippen LogP contribution is -2.49. The molecule has 0 aliphatic heterocycles. The Kier molecular flexibility index (Phi) is 14.3. The number of nitrogens with one attached hydrogen (secondary N) is 2. The predicted octanol–water partition coefficient (Wildman–Crippen LogP) is 3.32. The van der Waals surface area contributed by atoms with Gasteiger partial charge in [-0.3, -0.25) is 19.2 Å². The summed E-state index contributed by atoms with van der Waals surface area (Å²) < 4.78 is 5.24. The van der Waals surface area contributed by atoms with Crippen molar-refractivity contribution in [2.45, 2.75) is 54.4 Å². The Morgan fingerprint density at radius 2 is 1.56 bits per heavy atom. The Morgan fingerprint density at radius 1 is 0.930 bits per heavy atom. The third-order valence-corrected chi connectivity index (χ3v) is 7.40. The van der Waals surface area contributed by atoms with Crippen molar-refractivity contribution in [1.29, 1.82) is 0 Å². The van der Waals surface area contributed by atoms with Gasteiger partial charge in [-0.15, -0.1) is 0 Å². The van der Waals surface area contributed by atoms with Crippen molar-refractivity contribution in [2.24, 2.45) is 39.6 Å². The second-order valence-corrected chi connectivity index (χ2v) is 12.3. The van der Waals surface area contributed by atoms with Crippen molar-refractivity contribution in [3.05, 3.63) is 34.2 Å². The van der Waals surface area contributed by atoms with Crippen LogP contribution in [0.15, 0.2) is 23.3 Å². The minimum Gasteiger partial charge on any atom is -0.504 e. The van der Waals surface area contributed by atoms with Gasteiger partial charge in [0.15, 0.2) is 11.5 Å². The van der Waals surface area contributed by atoms with E-state index in [-0.39, 0.29) is 50.8 Å². The Balaban J connectivity index is 3.06. The van der Waals surface area contributed by atoms with Gasteiger partial charge in [0, 0.05) is 30.5 Å². The Hall–Kier alpha value is -4.03. The van der Waals surface area contributed by atoms with Crippen molar-refractivity contribution in [3.8, 4) is 11.5 Å². The highest BCUT2D eigenvalue weighted by molar-refractivity contribution is 5.86. The van der Waals surface area contributed by atoms with Crippen molar-refractivity contribution in [2.75, 3.05) is 32.8 Å². The van der Waals surface area contributed by atoms with E-state index in [2.05, 4.69) is 20.7 Å². The van der Waals surface area contributed by atoms with Gasteiger partial charge >= 0.3 is 11.9 Å². The van der Waals surface area contributed by atoms with E-state index in [1.165, 1.54) is 19.1 Å². The van der Waals surface area contributed by atoms with Crippen LogP contribution in [0, 0.1) is 34.5 Å². The summed E-state index contributed by atoms with van der Waals surface area (Å²) in [6, 6.07) is 4.29. The van der Waals surface area contributed by atoms with Crippen LogP contribution in [-0.2, 0) is 30.3 Å². The highest BCUT2D eigenvalue weighted by Gasteiger charge is 2.49. The summed E-state index contributed by atoms with van der Waals surface area (Å²) >= 11 is 0. The lowest BCUT2D eigenvalue weighted by Gasteiger charge is -2.41. The Labute approximate surface area is 251 Å². The molecule has 0 aliphatic carbocycles. The fourth-order valence-corrected chi connectivity index (χ4v) is 5.42. The van der Waals surface area contributed by atoms with E-state index in [1.54, 1.807) is 40.7 Å². The second kappa shape index (κ2) is 16.6. The van der Waals surface area contributed by atoms with Gasteiger partial charge in [-0.25, -0.2) is 0 Å². The van der Waals surface area contributed by atoms with Crippen LogP contribution in [0.3, 0.4) is 0 Å². The van der Waals surface area contributed by atoms with Gasteiger partial charge in [0.1, 0.15) is 0 Å². The van der Waals surface area contributed by atoms with Crippen molar-refractivity contribution < 1.29 is 44.3 Å². The number of nitrogens with zero attached hydrogens (tertiary/aromatic N) is 3. The van der Waals surface area contributed by atoms with Gasteiger partial charge in [0.2, 0.25) is 11.8 Å². The number of phenolic OH excluding ortho intramolecular Hbond substituents is 2. The van der Waals surface area contributed by atoms with E-state index >= 15 is 0 Å². The number of hydrogen-bond acceptors (Lipinski definition) is 8. The number of carboxylic acid groups (broad SMARTS) is 2. The molecule has 0 radical (unpaired) electrons. The average Bonchev–Trinajstić information content (AvgIpc) is 2.88. The summed E-state index contributed by atoms with van der Waals surface area (Å²) in [5, 5.41) is 48.3. The molecule has 0 heterocycles. The zero-order valence-corrected chi connectivity index (χ0v) is 25.7. The number of carbonyl (C=O) groups is 4. The van der Waals surface area contributed by atoms with Crippen molar-refractivity contribution in [3.63, 3.8) is 0 Å². The molecule has 1 rings (SSSR count). The molecule has 6 N–H and O–H groups in total. The third kappa shape index (κ3) is 11.6. The molecule has 14 nitrogen and oxygen atoms in total. The van der Waals surface area contributed by atoms with Gasteiger partial charge in [-0.1, -0.05) is 52.7 Å². The first-order valence-corrected chi connectivity index (χ1v) is 14.0. The molecule has 240 valence electrons. The molecule has 0 saturated carbocycles. The average molecular weight is 608 g/mol. The second-order valence-electron chi connectivity index (χ2n) is 12.3. The molecule has 0 spiro atoms. The first kappa shape index (κ1) is 37.0. The zero-order chi connectivity index (χ0) is 33.0. The first-order valence-electron chi connectivity index (χ1n) is 14.0. The highest BCUT2D eigenvalue weighted by atomic mass is 16.5. The first-order chi connectivity index (χ1) is 19.9. The van der Waals surface area contributed by atoms with Crippen LogP contribution >= 0.6 is 0 Å². The minimum atomic E-state index is -1.27. The molecular formula is C29H45N5O9. The maximum Gasteiger partial charge on any atom is 0.307 e. The maximum absolute atomic E-state index is 13.4. The van der Waals surface area contributed by atoms with E-state index in [9.17, 15) is 39.6 Å². The molecule has 4 unspecified atom stereocenters. The third-order valence-electron chi connectivity index (χ3n) is 7.40. The van der Waals surface area contributed by atoms with Crippen LogP contribution in [0.25, 0.3) is 10.4 Å². The number of aromatic hydroxyl groups is 2. The Bertz CT molecular complexity index is 1180. The standard InChI is InChI=1S/C29H45N5O9/c1-17(24(37)32-11-13-43-14-12-33-34-30)22(27(41)42)29(5,6)16-19(26(39)40)23(28(2,3)4)25(38)31-10-9-18-7-8-20(35)21(36)15-18/h7-8,15,17,19,22-23,35-36H,9-14,16H2,1-6H3,(H,31,38)(H,32,37)(H,39,40)(H,41,42). The molecule has 14 heteroatoms. The molecule has 0 fully saturated rings. The number of hydrogen-bond donors (Lipinski definition) is 6. The summed E-state index contributed by atoms with van der Waals surface area (Å²) in [6.07, 6.45) is 0.118. The van der Waals surface area contributed by atoms with E-state index in [0.29, 0.717) is 12.0 Å².